The number of hydrogen-bond acceptors (Lipinski definition) is 2. The zero-order valence-electron chi connectivity index (χ0n) is 10.9. The van der Waals surface area contributed by atoms with Crippen LogP contribution in [0.3, 0.4) is 0 Å². The Bertz CT molecular complexity index is 448. The van der Waals surface area contributed by atoms with Crippen LogP contribution in [0.5, 0.6) is 0 Å². The van der Waals surface area contributed by atoms with E-state index in [1.54, 1.807) is 0 Å². The minimum Gasteiger partial charge on any atom is -0.388 e. The molecule has 0 radical (unpaired) electrons. The highest BCUT2D eigenvalue weighted by atomic mass is 32.1. The van der Waals surface area contributed by atoms with Gasteiger partial charge in [-0.25, -0.2) is 0 Å². The fourth-order valence-electron chi connectivity index (χ4n) is 2.84. The maximum atomic E-state index is 6.10. The molecule has 1 saturated heterocycles. The Hall–Kier alpha value is -0.870. The Morgan fingerprint density at radius 2 is 2.12 bits per heavy atom. The Labute approximate surface area is 108 Å². The Morgan fingerprint density at radius 1 is 1.47 bits per heavy atom. The van der Waals surface area contributed by atoms with Crippen molar-refractivity contribution in [1.82, 2.24) is 4.57 Å². The van der Waals surface area contributed by atoms with Crippen LogP contribution < -0.4 is 5.73 Å². The van der Waals surface area contributed by atoms with Crippen molar-refractivity contribution < 1.29 is 4.74 Å². The van der Waals surface area contributed by atoms with E-state index in [2.05, 4.69) is 32.3 Å². The summed E-state index contributed by atoms with van der Waals surface area (Å²) >= 11 is 5.09. The molecular weight excluding hydrogens is 232 g/mol. The van der Waals surface area contributed by atoms with Gasteiger partial charge < -0.3 is 15.0 Å². The van der Waals surface area contributed by atoms with Crippen molar-refractivity contribution in [3.63, 3.8) is 0 Å². The summed E-state index contributed by atoms with van der Waals surface area (Å²) in [6.45, 7) is 8.49. The molecule has 1 aromatic heterocycles. The SMILES string of the molecule is CC1(C)CC(n2cccc2C(N)=S)C(C)(C)O1. The average Bonchev–Trinajstić information content (AvgIpc) is 2.66. The first-order valence-electron chi connectivity index (χ1n) is 5.90. The molecule has 3 nitrogen and oxygen atoms in total. The fraction of sp³-hybridized carbons (Fsp3) is 0.615. The normalized spacial score (nSPS) is 26.0. The van der Waals surface area contributed by atoms with E-state index in [0.29, 0.717) is 4.99 Å². The molecule has 0 bridgehead atoms. The van der Waals surface area contributed by atoms with Crippen molar-refractivity contribution in [3.05, 3.63) is 24.0 Å². The van der Waals surface area contributed by atoms with Crippen molar-refractivity contribution in [3.8, 4) is 0 Å². The smallest absolute Gasteiger partial charge is 0.120 e. The van der Waals surface area contributed by atoms with Crippen molar-refractivity contribution >= 4 is 17.2 Å². The van der Waals surface area contributed by atoms with Gasteiger partial charge in [0.2, 0.25) is 0 Å². The summed E-state index contributed by atoms with van der Waals surface area (Å²) in [7, 11) is 0. The maximum absolute atomic E-state index is 6.10. The van der Waals surface area contributed by atoms with Crippen LogP contribution in [0.25, 0.3) is 0 Å². The van der Waals surface area contributed by atoms with E-state index in [1.165, 1.54) is 0 Å². The lowest BCUT2D eigenvalue weighted by atomic mass is 9.94. The molecule has 1 aromatic rings. The second-order valence-electron chi connectivity index (χ2n) is 5.85. The summed E-state index contributed by atoms with van der Waals surface area (Å²) in [5.74, 6) is 0. The summed E-state index contributed by atoms with van der Waals surface area (Å²) in [6, 6.07) is 4.21. The average molecular weight is 252 g/mol. The number of thiocarbonyl (C=S) groups is 1. The van der Waals surface area contributed by atoms with Crippen LogP contribution >= 0.6 is 12.2 Å². The molecule has 0 aromatic carbocycles. The first-order chi connectivity index (χ1) is 7.73. The van der Waals surface area contributed by atoms with Crippen LogP contribution in [0.2, 0.25) is 0 Å². The van der Waals surface area contributed by atoms with E-state index in [0.717, 1.165) is 12.1 Å². The minimum atomic E-state index is -0.206. The molecule has 1 unspecified atom stereocenters. The summed E-state index contributed by atoms with van der Waals surface area (Å²) in [4.78, 5) is 0.440. The van der Waals surface area contributed by atoms with Gasteiger partial charge in [-0.1, -0.05) is 12.2 Å². The molecule has 2 rings (SSSR count). The fourth-order valence-corrected chi connectivity index (χ4v) is 3.01. The summed E-state index contributed by atoms with van der Waals surface area (Å²) in [5.41, 5.74) is 6.36. The lowest BCUT2D eigenvalue weighted by Crippen LogP contribution is -2.32. The first kappa shape index (κ1) is 12.6. The van der Waals surface area contributed by atoms with Gasteiger partial charge in [0.1, 0.15) is 4.99 Å². The highest BCUT2D eigenvalue weighted by Crippen LogP contribution is 2.45. The number of nitrogens with two attached hydrogens (primary N) is 1. The summed E-state index contributed by atoms with van der Waals surface area (Å²) in [6.07, 6.45) is 3.00. The minimum absolute atomic E-state index is 0.105. The van der Waals surface area contributed by atoms with Crippen molar-refractivity contribution in [2.75, 3.05) is 0 Å². The van der Waals surface area contributed by atoms with E-state index in [1.807, 2.05) is 18.3 Å². The summed E-state index contributed by atoms with van der Waals surface area (Å²) in [5, 5.41) is 0. The second kappa shape index (κ2) is 3.82. The quantitative estimate of drug-likeness (QED) is 0.823. The van der Waals surface area contributed by atoms with Gasteiger partial charge in [-0.3, -0.25) is 0 Å². The molecule has 1 fully saturated rings. The monoisotopic (exact) mass is 252 g/mol. The van der Waals surface area contributed by atoms with E-state index in [-0.39, 0.29) is 17.2 Å². The van der Waals surface area contributed by atoms with Gasteiger partial charge in [-0.05, 0) is 46.2 Å². The van der Waals surface area contributed by atoms with Crippen molar-refractivity contribution in [1.29, 1.82) is 0 Å². The van der Waals surface area contributed by atoms with Gasteiger partial charge in [0, 0.05) is 6.20 Å². The van der Waals surface area contributed by atoms with E-state index in [9.17, 15) is 0 Å². The van der Waals surface area contributed by atoms with Crippen LogP contribution in [-0.4, -0.2) is 20.8 Å². The maximum Gasteiger partial charge on any atom is 0.120 e. The molecule has 1 aliphatic heterocycles. The van der Waals surface area contributed by atoms with Crippen LogP contribution in [0.15, 0.2) is 18.3 Å². The van der Waals surface area contributed by atoms with Crippen molar-refractivity contribution in [2.45, 2.75) is 51.4 Å². The molecule has 17 heavy (non-hydrogen) atoms. The lowest BCUT2D eigenvalue weighted by Gasteiger charge is -2.29. The first-order valence-corrected chi connectivity index (χ1v) is 6.31. The topological polar surface area (TPSA) is 40.2 Å². The molecule has 1 aliphatic rings. The molecule has 2 heterocycles. The van der Waals surface area contributed by atoms with Gasteiger partial charge in [0.25, 0.3) is 0 Å². The van der Waals surface area contributed by atoms with Gasteiger partial charge in [-0.2, -0.15) is 0 Å². The Balaban J connectivity index is 2.40. The number of hydrogen-bond donors (Lipinski definition) is 1. The Kier molecular flexibility index (Phi) is 2.83. The second-order valence-corrected chi connectivity index (χ2v) is 6.29. The number of aromatic nitrogens is 1. The van der Waals surface area contributed by atoms with E-state index < -0.39 is 0 Å². The molecule has 2 N–H and O–H groups in total. The predicted octanol–water partition coefficient (Wildman–Crippen LogP) is 2.64. The van der Waals surface area contributed by atoms with Crippen LogP contribution in [0.1, 0.15) is 45.9 Å². The van der Waals surface area contributed by atoms with Gasteiger partial charge in [-0.15, -0.1) is 0 Å². The highest BCUT2D eigenvalue weighted by molar-refractivity contribution is 7.80. The standard InChI is InChI=1S/C13H20N2OS/c1-12(2)8-10(13(3,4)16-12)15-7-5-6-9(15)11(14)17/h5-7,10H,8H2,1-4H3,(H2,14,17). The van der Waals surface area contributed by atoms with E-state index in [4.69, 9.17) is 22.7 Å². The predicted molar refractivity (Wildman–Crippen MR) is 73.2 cm³/mol. The third-order valence-electron chi connectivity index (χ3n) is 3.39. The molecule has 94 valence electrons. The van der Waals surface area contributed by atoms with Gasteiger partial charge in [0.15, 0.2) is 0 Å². The molecule has 0 spiro atoms. The number of rotatable bonds is 2. The molecular formula is C13H20N2OS. The summed E-state index contributed by atoms with van der Waals surface area (Å²) < 4.78 is 8.25. The van der Waals surface area contributed by atoms with Crippen LogP contribution in [0.4, 0.5) is 0 Å². The molecule has 1 atom stereocenters. The van der Waals surface area contributed by atoms with Crippen LogP contribution in [-0.2, 0) is 4.74 Å². The van der Waals surface area contributed by atoms with Gasteiger partial charge in [0.05, 0.1) is 22.9 Å². The van der Waals surface area contributed by atoms with E-state index >= 15 is 0 Å². The van der Waals surface area contributed by atoms with Crippen molar-refractivity contribution in [2.24, 2.45) is 5.73 Å². The number of ether oxygens (including phenoxy) is 1. The molecule has 0 saturated carbocycles. The largest absolute Gasteiger partial charge is 0.388 e. The zero-order chi connectivity index (χ0) is 12.8. The molecule has 0 aliphatic carbocycles. The number of nitrogens with zero attached hydrogens (tertiary/aromatic N) is 1. The molecule has 0 amide bonds. The third kappa shape index (κ3) is 2.24. The van der Waals surface area contributed by atoms with Gasteiger partial charge >= 0.3 is 0 Å². The lowest BCUT2D eigenvalue weighted by molar-refractivity contribution is -0.0729. The Morgan fingerprint density at radius 3 is 2.59 bits per heavy atom. The molecule has 4 heteroatoms. The van der Waals surface area contributed by atoms with Crippen LogP contribution in [0, 0.1) is 0 Å². The highest BCUT2D eigenvalue weighted by Gasteiger charge is 2.47. The third-order valence-corrected chi connectivity index (χ3v) is 3.60. The zero-order valence-corrected chi connectivity index (χ0v) is 11.7.